The molecule has 0 aliphatic rings. The van der Waals surface area contributed by atoms with E-state index in [0.29, 0.717) is 5.69 Å². The summed E-state index contributed by atoms with van der Waals surface area (Å²) in [6.07, 6.45) is 6.86. The average molecular weight is 564 g/mol. The van der Waals surface area contributed by atoms with Gasteiger partial charge in [-0.25, -0.2) is 4.98 Å². The van der Waals surface area contributed by atoms with Crippen LogP contribution in [0.2, 0.25) is 0 Å². The monoisotopic (exact) mass is 563 g/mol. The van der Waals surface area contributed by atoms with Crippen LogP contribution in [0.5, 0.6) is 0 Å². The van der Waals surface area contributed by atoms with Crippen molar-refractivity contribution in [1.29, 1.82) is 0 Å². The van der Waals surface area contributed by atoms with Crippen molar-refractivity contribution in [2.45, 2.75) is 6.42 Å². The van der Waals surface area contributed by atoms with Gasteiger partial charge in [-0.1, -0.05) is 121 Å². The van der Waals surface area contributed by atoms with Gasteiger partial charge in [-0.05, 0) is 85.3 Å². The molecule has 0 radical (unpaired) electrons. The molecule has 0 saturated heterocycles. The van der Waals surface area contributed by atoms with E-state index < -0.39 is 0 Å². The largest absolute Gasteiger partial charge is 0.396 e. The summed E-state index contributed by atoms with van der Waals surface area (Å²) in [5.41, 5.74) is 14.4. The first kappa shape index (κ1) is 25.9. The quantitative estimate of drug-likeness (QED) is 0.167. The maximum atomic E-state index is 6.63. The van der Waals surface area contributed by atoms with E-state index in [9.17, 15) is 0 Å². The molecule has 0 aliphatic carbocycles. The zero-order chi connectivity index (χ0) is 29.5. The zero-order valence-corrected chi connectivity index (χ0v) is 24.1. The second-order valence-corrected chi connectivity index (χ2v) is 11.2. The molecule has 2 heterocycles. The van der Waals surface area contributed by atoms with Gasteiger partial charge in [0.05, 0.1) is 22.6 Å². The third kappa shape index (κ3) is 4.56. The van der Waals surface area contributed by atoms with Gasteiger partial charge in [0.15, 0.2) is 0 Å². The lowest BCUT2D eigenvalue weighted by molar-refractivity contribution is 1.27. The molecule has 2 N–H and O–H groups in total. The fraction of sp³-hybridized carbons (Fsp3) is 0.0244. The molecular weight excluding hydrogens is 534 g/mol. The van der Waals surface area contributed by atoms with E-state index >= 15 is 0 Å². The van der Waals surface area contributed by atoms with Crippen molar-refractivity contribution in [3.05, 3.63) is 157 Å². The maximum absolute atomic E-state index is 6.63. The molecule has 0 unspecified atom stereocenters. The number of anilines is 1. The van der Waals surface area contributed by atoms with Gasteiger partial charge in [-0.15, -0.1) is 0 Å². The van der Waals surface area contributed by atoms with Crippen LogP contribution in [0.15, 0.2) is 146 Å². The standard InChI is InChI=1S/C41H29N3/c42-40-28(18-19-29-21-23-39(44-41(29)40)38-17-5-6-24-43-38)11-7-9-27-10-8-12-30(25-27)31-20-22-36-34-15-2-1-13-32(34)33-14-3-4-16-35(33)37(36)26-31/h1-8,10-26H,9,42H2/b11-7-. The molecule has 0 aliphatic heterocycles. The number of nitrogen functional groups attached to an aromatic ring is 1. The molecule has 0 saturated carbocycles. The van der Waals surface area contributed by atoms with Crippen LogP contribution in [0.25, 0.3) is 71.8 Å². The SMILES string of the molecule is Nc1c(/C=C\Cc2cccc(-c3ccc4c5ccccc5c5ccccc5c4c3)c2)ccc2ccc(-c3ccccn3)nc12. The molecular formula is C41H29N3. The number of hydrogen-bond acceptors (Lipinski definition) is 3. The summed E-state index contributed by atoms with van der Waals surface area (Å²) in [5.74, 6) is 0. The predicted octanol–water partition coefficient (Wildman–Crippen LogP) is 10.3. The Hall–Kier alpha value is -5.80. The number of allylic oxidation sites excluding steroid dienone is 1. The van der Waals surface area contributed by atoms with E-state index in [1.54, 1.807) is 6.20 Å². The van der Waals surface area contributed by atoms with Gasteiger partial charge in [0.2, 0.25) is 0 Å². The number of benzene rings is 6. The first-order chi connectivity index (χ1) is 21.7. The van der Waals surface area contributed by atoms with Crippen molar-refractivity contribution in [3.8, 4) is 22.5 Å². The van der Waals surface area contributed by atoms with Crippen LogP contribution in [0, 0.1) is 0 Å². The highest BCUT2D eigenvalue weighted by atomic mass is 14.8. The minimum atomic E-state index is 0.682. The van der Waals surface area contributed by atoms with Crippen molar-refractivity contribution in [2.24, 2.45) is 0 Å². The van der Waals surface area contributed by atoms with Crippen LogP contribution in [0.3, 0.4) is 0 Å². The van der Waals surface area contributed by atoms with Crippen molar-refractivity contribution in [3.63, 3.8) is 0 Å². The second-order valence-electron chi connectivity index (χ2n) is 11.2. The van der Waals surface area contributed by atoms with Crippen LogP contribution in [-0.2, 0) is 6.42 Å². The zero-order valence-electron chi connectivity index (χ0n) is 24.1. The highest BCUT2D eigenvalue weighted by molar-refractivity contribution is 6.25. The number of nitrogens with two attached hydrogens (primary N) is 1. The van der Waals surface area contributed by atoms with Gasteiger partial charge >= 0.3 is 0 Å². The summed E-state index contributed by atoms with van der Waals surface area (Å²) in [5, 5.41) is 8.77. The molecule has 3 heteroatoms. The van der Waals surface area contributed by atoms with Crippen molar-refractivity contribution in [2.75, 3.05) is 5.73 Å². The van der Waals surface area contributed by atoms with Gasteiger partial charge in [0.1, 0.15) is 0 Å². The molecule has 6 aromatic carbocycles. The molecule has 0 bridgehead atoms. The van der Waals surface area contributed by atoms with E-state index in [2.05, 4.69) is 126 Å². The Morgan fingerprint density at radius 1 is 0.545 bits per heavy atom. The Balaban J connectivity index is 1.10. The Bertz CT molecular complexity index is 2340. The Labute approximate surface area is 256 Å². The van der Waals surface area contributed by atoms with Crippen LogP contribution in [0.4, 0.5) is 5.69 Å². The number of aromatic nitrogens is 2. The number of rotatable bonds is 5. The lowest BCUT2D eigenvalue weighted by atomic mass is 9.92. The Morgan fingerprint density at radius 3 is 1.98 bits per heavy atom. The third-order valence-corrected chi connectivity index (χ3v) is 8.52. The van der Waals surface area contributed by atoms with Crippen LogP contribution in [-0.4, -0.2) is 9.97 Å². The number of nitrogens with zero attached hydrogens (tertiary/aromatic N) is 2. The molecule has 2 aromatic heterocycles. The minimum Gasteiger partial charge on any atom is -0.396 e. The molecule has 0 fully saturated rings. The molecule has 3 nitrogen and oxygen atoms in total. The molecule has 0 amide bonds. The van der Waals surface area contributed by atoms with E-state index in [-0.39, 0.29) is 0 Å². The fourth-order valence-corrected chi connectivity index (χ4v) is 6.32. The molecule has 0 spiro atoms. The van der Waals surface area contributed by atoms with Gasteiger partial charge in [0, 0.05) is 11.6 Å². The predicted molar refractivity (Wildman–Crippen MR) is 187 cm³/mol. The molecule has 0 atom stereocenters. The minimum absolute atomic E-state index is 0.682. The topological polar surface area (TPSA) is 51.8 Å². The highest BCUT2D eigenvalue weighted by Crippen LogP contribution is 2.37. The lowest BCUT2D eigenvalue weighted by Gasteiger charge is -2.12. The van der Waals surface area contributed by atoms with Gasteiger partial charge in [0.25, 0.3) is 0 Å². The molecule has 44 heavy (non-hydrogen) atoms. The molecule has 8 aromatic rings. The summed E-state index contributed by atoms with van der Waals surface area (Å²) < 4.78 is 0. The summed E-state index contributed by atoms with van der Waals surface area (Å²) in [7, 11) is 0. The summed E-state index contributed by atoms with van der Waals surface area (Å²) in [6, 6.07) is 47.2. The number of fused-ring (bicyclic) bond motifs is 7. The van der Waals surface area contributed by atoms with E-state index in [0.717, 1.165) is 34.3 Å². The summed E-state index contributed by atoms with van der Waals surface area (Å²) in [6.45, 7) is 0. The maximum Gasteiger partial charge on any atom is 0.0945 e. The fourth-order valence-electron chi connectivity index (χ4n) is 6.32. The number of pyridine rings is 2. The average Bonchev–Trinajstić information content (AvgIpc) is 3.09. The summed E-state index contributed by atoms with van der Waals surface area (Å²) >= 11 is 0. The van der Waals surface area contributed by atoms with Gasteiger partial charge in [-0.3, -0.25) is 4.98 Å². The second kappa shape index (κ2) is 10.8. The van der Waals surface area contributed by atoms with Crippen LogP contribution < -0.4 is 5.73 Å². The van der Waals surface area contributed by atoms with E-state index in [1.807, 2.05) is 24.3 Å². The normalized spacial score (nSPS) is 11.7. The molecule has 8 rings (SSSR count). The van der Waals surface area contributed by atoms with Gasteiger partial charge in [-0.2, -0.15) is 0 Å². The Morgan fingerprint density at radius 2 is 1.23 bits per heavy atom. The van der Waals surface area contributed by atoms with E-state index in [4.69, 9.17) is 10.7 Å². The van der Waals surface area contributed by atoms with Crippen LogP contribution >= 0.6 is 0 Å². The smallest absolute Gasteiger partial charge is 0.0945 e. The Kier molecular flexibility index (Phi) is 6.35. The highest BCUT2D eigenvalue weighted by Gasteiger charge is 2.10. The molecule has 208 valence electrons. The lowest BCUT2D eigenvalue weighted by Crippen LogP contribution is -1.95. The first-order valence-corrected chi connectivity index (χ1v) is 14.9. The van der Waals surface area contributed by atoms with E-state index in [1.165, 1.54) is 49.0 Å². The van der Waals surface area contributed by atoms with Crippen molar-refractivity contribution < 1.29 is 0 Å². The number of hydrogen-bond donors (Lipinski definition) is 1. The third-order valence-electron chi connectivity index (χ3n) is 8.52. The van der Waals surface area contributed by atoms with Crippen molar-refractivity contribution in [1.82, 2.24) is 9.97 Å². The first-order valence-electron chi connectivity index (χ1n) is 14.9. The van der Waals surface area contributed by atoms with Gasteiger partial charge < -0.3 is 5.73 Å². The van der Waals surface area contributed by atoms with Crippen LogP contribution in [0.1, 0.15) is 11.1 Å². The van der Waals surface area contributed by atoms with Crippen molar-refractivity contribution >= 4 is 55.0 Å². The summed E-state index contributed by atoms with van der Waals surface area (Å²) in [4.78, 5) is 9.30.